The van der Waals surface area contributed by atoms with E-state index in [1.807, 2.05) is 51.6 Å². The summed E-state index contributed by atoms with van der Waals surface area (Å²) < 4.78 is 3.78. The molecule has 0 bridgehead atoms. The van der Waals surface area contributed by atoms with E-state index >= 15 is 0 Å². The fraction of sp³-hybridized carbons (Fsp3) is 0.400. The predicted octanol–water partition coefficient (Wildman–Crippen LogP) is 2.76. The molecule has 130 valence electrons. The number of imidazole rings is 1. The second-order valence-corrected chi connectivity index (χ2v) is 7.07. The Kier molecular flexibility index (Phi) is 4.40. The van der Waals surface area contributed by atoms with Gasteiger partial charge < -0.3 is 5.73 Å². The van der Waals surface area contributed by atoms with E-state index in [4.69, 9.17) is 5.73 Å². The number of aromatic nitrogens is 3. The van der Waals surface area contributed by atoms with E-state index in [9.17, 15) is 4.79 Å². The first-order valence-electron chi connectivity index (χ1n) is 9.06. The van der Waals surface area contributed by atoms with Crippen LogP contribution in [0.4, 0.5) is 0 Å². The minimum Gasteiger partial charge on any atom is -0.328 e. The van der Waals surface area contributed by atoms with E-state index in [1.54, 1.807) is 6.20 Å². The molecule has 0 saturated heterocycles. The number of hydrogen-bond donors (Lipinski definition) is 1. The second-order valence-electron chi connectivity index (χ2n) is 7.07. The molecule has 1 aliphatic rings. The number of benzene rings is 1. The van der Waals surface area contributed by atoms with E-state index in [2.05, 4.69) is 4.98 Å². The first-order valence-corrected chi connectivity index (χ1v) is 9.06. The van der Waals surface area contributed by atoms with Gasteiger partial charge in [-0.15, -0.1) is 0 Å². The van der Waals surface area contributed by atoms with Crippen LogP contribution in [-0.2, 0) is 13.1 Å². The number of fused-ring (bicyclic) bond motifs is 1. The number of nitrogens with two attached hydrogens (primary N) is 1. The third-order valence-electron chi connectivity index (χ3n) is 5.30. The third-order valence-corrected chi connectivity index (χ3v) is 5.30. The highest BCUT2D eigenvalue weighted by Gasteiger charge is 2.21. The molecule has 0 unspecified atom stereocenters. The van der Waals surface area contributed by atoms with E-state index in [0.29, 0.717) is 18.5 Å². The molecule has 1 fully saturated rings. The van der Waals surface area contributed by atoms with Crippen LogP contribution in [0.15, 0.2) is 53.5 Å². The molecule has 1 aromatic carbocycles. The van der Waals surface area contributed by atoms with Gasteiger partial charge in [-0.3, -0.25) is 14.1 Å². The summed E-state index contributed by atoms with van der Waals surface area (Å²) in [5.41, 5.74) is 8.97. The molecule has 0 spiro atoms. The number of rotatable bonds is 4. The third kappa shape index (κ3) is 3.24. The molecule has 3 aromatic rings. The molecule has 5 heteroatoms. The van der Waals surface area contributed by atoms with Crippen molar-refractivity contribution < 1.29 is 0 Å². The number of pyridine rings is 1. The molecule has 0 aliphatic heterocycles. The fourth-order valence-corrected chi connectivity index (χ4v) is 3.88. The summed E-state index contributed by atoms with van der Waals surface area (Å²) in [5.74, 6) is 0.534. The predicted molar refractivity (Wildman–Crippen MR) is 99.5 cm³/mol. The first-order chi connectivity index (χ1) is 12.2. The van der Waals surface area contributed by atoms with Crippen molar-refractivity contribution in [1.82, 2.24) is 14.1 Å². The van der Waals surface area contributed by atoms with Gasteiger partial charge in [0, 0.05) is 18.8 Å². The molecule has 2 N–H and O–H groups in total. The van der Waals surface area contributed by atoms with Crippen molar-refractivity contribution in [2.24, 2.45) is 11.7 Å². The van der Waals surface area contributed by atoms with Crippen molar-refractivity contribution in [3.05, 3.63) is 64.8 Å². The zero-order valence-electron chi connectivity index (χ0n) is 14.3. The van der Waals surface area contributed by atoms with Gasteiger partial charge >= 0.3 is 5.69 Å². The lowest BCUT2D eigenvalue weighted by Crippen LogP contribution is -2.31. The van der Waals surface area contributed by atoms with Crippen LogP contribution >= 0.6 is 0 Å². The average molecular weight is 336 g/mol. The van der Waals surface area contributed by atoms with Gasteiger partial charge in [0.1, 0.15) is 0 Å². The van der Waals surface area contributed by atoms with Gasteiger partial charge in [0.2, 0.25) is 0 Å². The Morgan fingerprint density at radius 3 is 2.32 bits per heavy atom. The average Bonchev–Trinajstić information content (AvgIpc) is 2.90. The van der Waals surface area contributed by atoms with E-state index in [-0.39, 0.29) is 5.69 Å². The summed E-state index contributed by atoms with van der Waals surface area (Å²) in [5, 5.41) is 0. The van der Waals surface area contributed by atoms with Gasteiger partial charge in [0.05, 0.1) is 23.3 Å². The van der Waals surface area contributed by atoms with Crippen LogP contribution in [0.25, 0.3) is 11.0 Å². The normalized spacial score (nSPS) is 20.8. The van der Waals surface area contributed by atoms with E-state index in [0.717, 1.165) is 49.0 Å². The monoisotopic (exact) mass is 336 g/mol. The zero-order chi connectivity index (χ0) is 17.2. The topological polar surface area (TPSA) is 65.8 Å². The Bertz CT molecular complexity index is 904. The Labute approximate surface area is 147 Å². The van der Waals surface area contributed by atoms with Crippen LogP contribution in [-0.4, -0.2) is 20.2 Å². The molecular weight excluding hydrogens is 312 g/mol. The molecular formula is C20H24N4O. The minimum atomic E-state index is 0.0572. The zero-order valence-corrected chi connectivity index (χ0v) is 14.3. The van der Waals surface area contributed by atoms with Gasteiger partial charge in [-0.25, -0.2) is 4.79 Å². The lowest BCUT2D eigenvalue weighted by atomic mass is 9.86. The first kappa shape index (κ1) is 16.1. The molecule has 2 aromatic heterocycles. The van der Waals surface area contributed by atoms with Gasteiger partial charge in [0.15, 0.2) is 0 Å². The van der Waals surface area contributed by atoms with Crippen molar-refractivity contribution in [1.29, 1.82) is 0 Å². The Hall–Kier alpha value is -2.40. The van der Waals surface area contributed by atoms with Crippen molar-refractivity contribution in [2.75, 3.05) is 0 Å². The highest BCUT2D eigenvalue weighted by Crippen LogP contribution is 2.25. The van der Waals surface area contributed by atoms with Crippen LogP contribution < -0.4 is 11.4 Å². The van der Waals surface area contributed by atoms with Crippen LogP contribution in [0.3, 0.4) is 0 Å². The molecule has 25 heavy (non-hydrogen) atoms. The van der Waals surface area contributed by atoms with Crippen LogP contribution in [0.2, 0.25) is 0 Å². The van der Waals surface area contributed by atoms with Crippen LogP contribution in [0.5, 0.6) is 0 Å². The minimum absolute atomic E-state index is 0.0572. The summed E-state index contributed by atoms with van der Waals surface area (Å²) in [6.45, 7) is 1.28. The Balaban J connectivity index is 1.70. The second kappa shape index (κ2) is 6.84. The van der Waals surface area contributed by atoms with Gasteiger partial charge in [-0.05, 0) is 55.9 Å². The number of nitrogens with zero attached hydrogens (tertiary/aromatic N) is 3. The quantitative estimate of drug-likeness (QED) is 0.797. The summed E-state index contributed by atoms with van der Waals surface area (Å²) in [7, 11) is 0. The van der Waals surface area contributed by atoms with Crippen LogP contribution in [0, 0.1) is 5.92 Å². The molecule has 1 aliphatic carbocycles. The maximum Gasteiger partial charge on any atom is 0.329 e. The largest absolute Gasteiger partial charge is 0.329 e. The van der Waals surface area contributed by atoms with Crippen molar-refractivity contribution in [2.45, 2.75) is 44.8 Å². The van der Waals surface area contributed by atoms with Crippen molar-refractivity contribution in [3.63, 3.8) is 0 Å². The summed E-state index contributed by atoms with van der Waals surface area (Å²) in [6.07, 6.45) is 6.10. The number of hydrogen-bond acceptors (Lipinski definition) is 3. The van der Waals surface area contributed by atoms with Crippen molar-refractivity contribution >= 4 is 11.0 Å². The SMILES string of the molecule is N[C@H]1CC[C@H](Cn2c(=O)n(Cc3ccccn3)c3ccccc32)CC1. The van der Waals surface area contributed by atoms with Crippen LogP contribution in [0.1, 0.15) is 31.4 Å². The molecule has 4 rings (SSSR count). The van der Waals surface area contributed by atoms with Gasteiger partial charge in [-0.2, -0.15) is 0 Å². The van der Waals surface area contributed by atoms with E-state index < -0.39 is 0 Å². The molecule has 0 radical (unpaired) electrons. The highest BCUT2D eigenvalue weighted by molar-refractivity contribution is 5.76. The van der Waals surface area contributed by atoms with E-state index in [1.165, 1.54) is 0 Å². The maximum absolute atomic E-state index is 13.1. The molecule has 0 amide bonds. The number of para-hydroxylation sites is 2. The highest BCUT2D eigenvalue weighted by atomic mass is 16.1. The lowest BCUT2D eigenvalue weighted by molar-refractivity contribution is 0.294. The smallest absolute Gasteiger partial charge is 0.328 e. The van der Waals surface area contributed by atoms with Crippen molar-refractivity contribution in [3.8, 4) is 0 Å². The molecule has 2 heterocycles. The summed E-state index contributed by atoms with van der Waals surface area (Å²) in [6, 6.07) is 14.2. The Morgan fingerprint density at radius 2 is 1.64 bits per heavy atom. The standard InChI is InChI=1S/C20H24N4O/c21-16-10-8-15(9-11-16)13-23-18-6-1-2-7-19(18)24(20(23)25)14-17-5-3-4-12-22-17/h1-7,12,15-16H,8-11,13-14,21H2/t15-,16-. The van der Waals surface area contributed by atoms with Gasteiger partial charge in [0.25, 0.3) is 0 Å². The summed E-state index contributed by atoms with van der Waals surface area (Å²) in [4.78, 5) is 17.5. The fourth-order valence-electron chi connectivity index (χ4n) is 3.88. The molecule has 1 saturated carbocycles. The molecule has 0 atom stereocenters. The lowest BCUT2D eigenvalue weighted by Gasteiger charge is -2.26. The Morgan fingerprint density at radius 1 is 0.960 bits per heavy atom. The summed E-state index contributed by atoms with van der Waals surface area (Å²) >= 11 is 0. The van der Waals surface area contributed by atoms with Gasteiger partial charge in [-0.1, -0.05) is 18.2 Å². The molecule has 5 nitrogen and oxygen atoms in total. The maximum atomic E-state index is 13.1.